The Bertz CT molecular complexity index is 3170. The molecular formula is C61H67N4OPtSi2-3. The van der Waals surface area contributed by atoms with E-state index in [-0.39, 0.29) is 37.3 Å². The van der Waals surface area contributed by atoms with Gasteiger partial charge in [-0.3, -0.25) is 0 Å². The number of rotatable bonds is 9. The zero-order valence-electron chi connectivity index (χ0n) is 42.6. The maximum absolute atomic E-state index is 7.01. The van der Waals surface area contributed by atoms with E-state index in [0.717, 1.165) is 46.5 Å². The van der Waals surface area contributed by atoms with Crippen molar-refractivity contribution in [2.24, 2.45) is 0 Å². The minimum atomic E-state index is -1.75. The predicted octanol–water partition coefficient (Wildman–Crippen LogP) is 15.5. The molecule has 1 aliphatic carbocycles. The number of aromatic nitrogens is 2. The second-order valence-electron chi connectivity index (χ2n) is 23.5. The normalized spacial score (nSPS) is 15.2. The molecule has 358 valence electrons. The predicted molar refractivity (Wildman–Crippen MR) is 293 cm³/mol. The Morgan fingerprint density at radius 3 is 1.87 bits per heavy atom. The molecule has 0 spiro atoms. The van der Waals surface area contributed by atoms with Gasteiger partial charge in [-0.1, -0.05) is 172 Å². The second kappa shape index (κ2) is 17.9. The molecule has 10 rings (SSSR count). The standard InChI is InChI=1S/C61H67N4OSi2.Pt/c1-59(2,3)43-27-30-51-50(37-43)49-29-28-47(40-54(49)65(51)57-38-44(31-34-62-57)61(32-18-19-33-61)42-21-14-13-15-22-42)66-48-36-45(60(4,5)6)35-46(39-48)63-41-64(53-24-17-16-23-52(53)63)58-55(67(7,8)9)25-20-26-56(58)68(10,11)12;/h13-17,20-31,34-38,41H,18-19,32-33H2,1-12H3;/q-3;. The van der Waals surface area contributed by atoms with E-state index < -0.39 is 16.1 Å². The molecule has 2 aromatic heterocycles. The maximum Gasteiger partial charge on any atom is 0.135 e. The van der Waals surface area contributed by atoms with Gasteiger partial charge in [-0.05, 0) is 86.5 Å². The van der Waals surface area contributed by atoms with Gasteiger partial charge >= 0.3 is 0 Å². The summed E-state index contributed by atoms with van der Waals surface area (Å²) in [6.07, 6.45) is 6.70. The third-order valence-electron chi connectivity index (χ3n) is 14.5. The summed E-state index contributed by atoms with van der Waals surface area (Å²) < 4.78 is 9.31. The van der Waals surface area contributed by atoms with Crippen molar-refractivity contribution in [1.29, 1.82) is 0 Å². The molecule has 0 unspecified atom stereocenters. The van der Waals surface area contributed by atoms with E-state index in [0.29, 0.717) is 11.5 Å². The quantitative estimate of drug-likeness (QED) is 0.107. The summed E-state index contributed by atoms with van der Waals surface area (Å²) in [6, 6.07) is 54.8. The third-order valence-corrected chi connectivity index (χ3v) is 18.6. The van der Waals surface area contributed by atoms with Crippen LogP contribution in [0.15, 0.2) is 134 Å². The first-order valence-corrected chi connectivity index (χ1v) is 31.7. The van der Waals surface area contributed by atoms with Gasteiger partial charge in [-0.15, -0.1) is 53.6 Å². The molecule has 3 heterocycles. The molecule has 1 fully saturated rings. The average molecular weight is 1120 g/mol. The van der Waals surface area contributed by atoms with Gasteiger partial charge in [0.1, 0.15) is 5.82 Å². The first kappa shape index (κ1) is 48.8. The maximum atomic E-state index is 7.01. The largest absolute Gasteiger partial charge is 0.509 e. The van der Waals surface area contributed by atoms with Crippen molar-refractivity contribution in [3.05, 3.63) is 175 Å². The number of ether oxygens (including phenoxy) is 1. The van der Waals surface area contributed by atoms with Crippen LogP contribution in [0.4, 0.5) is 22.7 Å². The van der Waals surface area contributed by atoms with Crippen LogP contribution in [0.2, 0.25) is 39.3 Å². The van der Waals surface area contributed by atoms with Gasteiger partial charge in [0.15, 0.2) is 0 Å². The zero-order valence-corrected chi connectivity index (χ0v) is 46.9. The van der Waals surface area contributed by atoms with Crippen molar-refractivity contribution in [2.75, 3.05) is 9.80 Å². The van der Waals surface area contributed by atoms with Crippen molar-refractivity contribution >= 4 is 71.1 Å². The van der Waals surface area contributed by atoms with E-state index in [1.807, 2.05) is 6.20 Å². The van der Waals surface area contributed by atoms with E-state index >= 15 is 0 Å². The van der Waals surface area contributed by atoms with Crippen molar-refractivity contribution in [3.63, 3.8) is 0 Å². The Morgan fingerprint density at radius 2 is 1.23 bits per heavy atom. The van der Waals surface area contributed by atoms with Gasteiger partial charge < -0.3 is 19.1 Å². The topological polar surface area (TPSA) is 33.5 Å². The summed E-state index contributed by atoms with van der Waals surface area (Å²) in [4.78, 5) is 9.91. The van der Waals surface area contributed by atoms with Gasteiger partial charge in [0, 0.05) is 66.8 Å². The van der Waals surface area contributed by atoms with Crippen LogP contribution in [0.1, 0.15) is 89.5 Å². The summed E-state index contributed by atoms with van der Waals surface area (Å²) in [7, 11) is -3.51. The van der Waals surface area contributed by atoms with E-state index in [9.17, 15) is 0 Å². The van der Waals surface area contributed by atoms with Crippen LogP contribution in [-0.2, 0) is 37.3 Å². The molecule has 5 nitrogen and oxygen atoms in total. The second-order valence-corrected chi connectivity index (χ2v) is 33.6. The van der Waals surface area contributed by atoms with Gasteiger partial charge in [-0.2, -0.15) is 6.07 Å². The Hall–Kier alpha value is -5.21. The molecule has 0 atom stereocenters. The first-order valence-electron chi connectivity index (χ1n) is 24.7. The number of pyridine rings is 1. The summed E-state index contributed by atoms with van der Waals surface area (Å²) in [5.74, 6) is 2.18. The van der Waals surface area contributed by atoms with Crippen molar-refractivity contribution in [1.82, 2.24) is 9.55 Å². The number of nitrogens with zero attached hydrogens (tertiary/aromatic N) is 4. The molecule has 1 saturated carbocycles. The van der Waals surface area contributed by atoms with Crippen molar-refractivity contribution in [3.8, 4) is 17.3 Å². The first-order chi connectivity index (χ1) is 32.2. The fourth-order valence-corrected chi connectivity index (χ4v) is 14.0. The molecule has 1 aliphatic heterocycles. The molecule has 0 radical (unpaired) electrons. The fraction of sp³-hybridized carbons (Fsp3) is 0.311. The van der Waals surface area contributed by atoms with Crippen LogP contribution in [0.25, 0.3) is 27.6 Å². The van der Waals surface area contributed by atoms with E-state index in [1.165, 1.54) is 62.2 Å². The van der Waals surface area contributed by atoms with Crippen molar-refractivity contribution < 1.29 is 25.8 Å². The smallest absolute Gasteiger partial charge is 0.135 e. The molecule has 8 heteroatoms. The van der Waals surface area contributed by atoms with E-state index in [4.69, 9.17) is 9.72 Å². The zero-order chi connectivity index (χ0) is 48.0. The van der Waals surface area contributed by atoms with Crippen LogP contribution in [0.5, 0.6) is 11.5 Å². The minimum Gasteiger partial charge on any atom is -0.509 e. The molecular weight excluding hydrogens is 1060 g/mol. The van der Waals surface area contributed by atoms with Crippen LogP contribution in [-0.4, -0.2) is 25.7 Å². The van der Waals surface area contributed by atoms with Crippen LogP contribution in [0.3, 0.4) is 0 Å². The fourth-order valence-electron chi connectivity index (χ4n) is 10.8. The van der Waals surface area contributed by atoms with E-state index in [1.54, 1.807) is 0 Å². The number of anilines is 4. The monoisotopic (exact) mass is 1120 g/mol. The Labute approximate surface area is 428 Å². The molecule has 2 aliphatic rings. The minimum absolute atomic E-state index is 0. The summed E-state index contributed by atoms with van der Waals surface area (Å²) >= 11 is 0. The number of benzene rings is 6. The molecule has 69 heavy (non-hydrogen) atoms. The number of hydrogen-bond donors (Lipinski definition) is 0. The van der Waals surface area contributed by atoms with E-state index in [2.05, 4.69) is 241 Å². The average Bonchev–Trinajstić information content (AvgIpc) is 4.03. The SMILES string of the molecule is CC(C)(C)c1cc(Oc2[c-]c3c(cc2)c2cc(C(C)(C)C)ccc2n3-c2cc(C3(c4ccccc4)CCCC3)ccn2)[c-]c(N2[CH-]N(c3c([Si](C)(C)C)cccc3[Si](C)(C)C)c3ccccc32)c1.[Pt]. The Kier molecular flexibility index (Phi) is 12.6. The Morgan fingerprint density at radius 1 is 0.594 bits per heavy atom. The van der Waals surface area contributed by atoms with Gasteiger partial charge in [0.2, 0.25) is 0 Å². The van der Waals surface area contributed by atoms with Crippen LogP contribution >= 0.6 is 0 Å². The Balaban J connectivity index is 0.00000593. The summed E-state index contributed by atoms with van der Waals surface area (Å²) in [5, 5.41) is 5.27. The number of fused-ring (bicyclic) bond motifs is 4. The van der Waals surface area contributed by atoms with Gasteiger partial charge in [0.25, 0.3) is 0 Å². The van der Waals surface area contributed by atoms with Crippen LogP contribution in [0, 0.1) is 18.8 Å². The number of para-hydroxylation sites is 3. The van der Waals surface area contributed by atoms with Gasteiger partial charge in [0.05, 0.1) is 16.1 Å². The molecule has 0 saturated heterocycles. The van der Waals surface area contributed by atoms with Gasteiger partial charge in [-0.25, -0.2) is 4.98 Å². The number of hydrogen-bond acceptors (Lipinski definition) is 4. The molecule has 0 amide bonds. The summed E-state index contributed by atoms with van der Waals surface area (Å²) in [6.45, 7) is 30.7. The van der Waals surface area contributed by atoms with Crippen LogP contribution < -0.4 is 24.9 Å². The third kappa shape index (κ3) is 8.98. The molecule has 0 bridgehead atoms. The molecule has 8 aromatic rings. The van der Waals surface area contributed by atoms with Crippen molar-refractivity contribution in [2.45, 2.75) is 123 Å². The molecule has 6 aromatic carbocycles. The molecule has 0 N–H and O–H groups in total. The summed E-state index contributed by atoms with van der Waals surface area (Å²) in [5.41, 5.74) is 11.6.